The average molecular weight is 485 g/mol. The molecule has 2 aromatic rings. The lowest BCUT2D eigenvalue weighted by molar-refractivity contribution is -0.135. The van der Waals surface area contributed by atoms with Crippen molar-refractivity contribution < 1.29 is 18.7 Å². The van der Waals surface area contributed by atoms with Crippen molar-refractivity contribution in [3.05, 3.63) is 53.6 Å². The molecule has 0 fully saturated rings. The smallest absolute Gasteiger partial charge is 0.333 e. The number of aromatic nitrogens is 1. The van der Waals surface area contributed by atoms with E-state index in [1.54, 1.807) is 24.0 Å². The summed E-state index contributed by atoms with van der Waals surface area (Å²) in [7, 11) is 0. The summed E-state index contributed by atoms with van der Waals surface area (Å²) >= 11 is 4.28. The molecule has 0 aliphatic heterocycles. The number of carbonyl (C=O) groups is 2. The first-order valence-electron chi connectivity index (χ1n) is 9.13. The minimum absolute atomic E-state index is 0.186. The molecular formula is C20H22BrFN2O4S. The van der Waals surface area contributed by atoms with Gasteiger partial charge < -0.3 is 9.64 Å². The average Bonchev–Trinajstić information content (AvgIpc) is 2.94. The second kappa shape index (κ2) is 10.5. The van der Waals surface area contributed by atoms with Crippen LogP contribution in [0.4, 0.5) is 4.39 Å². The van der Waals surface area contributed by atoms with Gasteiger partial charge in [-0.25, -0.2) is 9.18 Å². The summed E-state index contributed by atoms with van der Waals surface area (Å²) in [6.07, 6.45) is 2.59. The Balaban J connectivity index is 2.63. The molecule has 0 saturated heterocycles. The van der Waals surface area contributed by atoms with Crippen molar-refractivity contribution in [3.63, 3.8) is 0 Å². The van der Waals surface area contributed by atoms with Gasteiger partial charge in [-0.15, -0.1) is 11.3 Å². The predicted molar refractivity (Wildman–Crippen MR) is 115 cm³/mol. The first-order chi connectivity index (χ1) is 13.8. The minimum atomic E-state index is -0.613. The van der Waals surface area contributed by atoms with E-state index in [4.69, 9.17) is 4.74 Å². The number of hydrogen-bond acceptors (Lipinski definition) is 5. The molecular weight excluding hydrogens is 463 g/mol. The highest BCUT2D eigenvalue weighted by Gasteiger charge is 2.15. The van der Waals surface area contributed by atoms with Crippen molar-refractivity contribution >= 4 is 51.3 Å². The number of benzene rings is 1. The Labute approximate surface area is 180 Å². The SMILES string of the molecule is CCOC(=O)/C=c1/s/c(=C\c2cc(Br)ccc2F)c(=O)n1CC(=O)N(CC)CC. The number of halogens is 2. The van der Waals surface area contributed by atoms with Crippen molar-refractivity contribution in [2.75, 3.05) is 19.7 Å². The summed E-state index contributed by atoms with van der Waals surface area (Å²) in [6.45, 7) is 6.35. The highest BCUT2D eigenvalue weighted by molar-refractivity contribution is 9.10. The van der Waals surface area contributed by atoms with Gasteiger partial charge in [0.05, 0.1) is 17.2 Å². The molecule has 1 heterocycles. The lowest BCUT2D eigenvalue weighted by Gasteiger charge is -2.18. The van der Waals surface area contributed by atoms with Gasteiger partial charge in [-0.2, -0.15) is 0 Å². The molecule has 0 radical (unpaired) electrons. The van der Waals surface area contributed by atoms with Crippen LogP contribution in [0.5, 0.6) is 0 Å². The zero-order chi connectivity index (χ0) is 21.6. The number of nitrogens with zero attached hydrogens (tertiary/aromatic N) is 2. The fourth-order valence-corrected chi connectivity index (χ4v) is 4.06. The van der Waals surface area contributed by atoms with Crippen molar-refractivity contribution in [2.24, 2.45) is 0 Å². The molecule has 1 aromatic carbocycles. The molecule has 6 nitrogen and oxygen atoms in total. The zero-order valence-electron chi connectivity index (χ0n) is 16.4. The Morgan fingerprint density at radius 3 is 2.59 bits per heavy atom. The number of carbonyl (C=O) groups excluding carboxylic acids is 2. The first-order valence-corrected chi connectivity index (χ1v) is 10.7. The maximum Gasteiger partial charge on any atom is 0.333 e. The molecule has 1 aromatic heterocycles. The molecule has 29 heavy (non-hydrogen) atoms. The quantitative estimate of drug-likeness (QED) is 0.562. The summed E-state index contributed by atoms with van der Waals surface area (Å²) < 4.78 is 21.4. The molecule has 2 rings (SSSR count). The van der Waals surface area contributed by atoms with E-state index in [0.29, 0.717) is 17.6 Å². The standard InChI is InChI=1S/C20H22BrFN2O4S/c1-4-23(5-2)17(25)12-24-18(11-19(26)28-6-3)29-16(20(24)27)10-13-9-14(21)7-8-15(13)22/h7-11H,4-6,12H2,1-3H3/b16-10-,18-11+. The van der Waals surface area contributed by atoms with Crippen LogP contribution in [-0.2, 0) is 20.9 Å². The highest BCUT2D eigenvalue weighted by Crippen LogP contribution is 2.15. The lowest BCUT2D eigenvalue weighted by Crippen LogP contribution is -2.40. The number of thiazole rings is 1. The van der Waals surface area contributed by atoms with Gasteiger partial charge >= 0.3 is 5.97 Å². The summed E-state index contributed by atoms with van der Waals surface area (Å²) in [5, 5.41) is 0. The van der Waals surface area contributed by atoms with Crippen LogP contribution in [0.3, 0.4) is 0 Å². The highest BCUT2D eigenvalue weighted by atomic mass is 79.9. The van der Waals surface area contributed by atoms with Gasteiger partial charge in [-0.05, 0) is 45.0 Å². The Hall–Kier alpha value is -2.26. The van der Waals surface area contributed by atoms with E-state index in [0.717, 1.165) is 11.3 Å². The predicted octanol–water partition coefficient (Wildman–Crippen LogP) is 1.85. The Bertz CT molecular complexity index is 1070. The summed E-state index contributed by atoms with van der Waals surface area (Å²) in [6, 6.07) is 4.40. The van der Waals surface area contributed by atoms with Crippen molar-refractivity contribution in [1.29, 1.82) is 0 Å². The monoisotopic (exact) mass is 484 g/mol. The van der Waals surface area contributed by atoms with E-state index in [1.807, 2.05) is 13.8 Å². The van der Waals surface area contributed by atoms with Gasteiger partial charge in [0.1, 0.15) is 17.0 Å². The Kier molecular flexibility index (Phi) is 8.33. The molecule has 0 aliphatic carbocycles. The molecule has 9 heteroatoms. The second-order valence-corrected chi connectivity index (χ2v) is 7.95. The van der Waals surface area contributed by atoms with Gasteiger partial charge in [0.25, 0.3) is 5.56 Å². The molecule has 156 valence electrons. The van der Waals surface area contributed by atoms with E-state index in [2.05, 4.69) is 15.9 Å². The number of esters is 1. The molecule has 0 N–H and O–H groups in total. The van der Waals surface area contributed by atoms with E-state index in [-0.39, 0.29) is 33.8 Å². The van der Waals surface area contributed by atoms with Crippen LogP contribution in [0.1, 0.15) is 26.3 Å². The van der Waals surface area contributed by atoms with Crippen molar-refractivity contribution in [2.45, 2.75) is 27.3 Å². The van der Waals surface area contributed by atoms with Crippen LogP contribution in [0.15, 0.2) is 27.5 Å². The Morgan fingerprint density at radius 1 is 1.28 bits per heavy atom. The van der Waals surface area contributed by atoms with Gasteiger partial charge in [0.2, 0.25) is 5.91 Å². The largest absolute Gasteiger partial charge is 0.463 e. The molecule has 0 unspecified atom stereocenters. The van der Waals surface area contributed by atoms with Crippen LogP contribution >= 0.6 is 27.3 Å². The molecule has 0 atom stereocenters. The van der Waals surface area contributed by atoms with E-state index in [1.165, 1.54) is 22.8 Å². The topological polar surface area (TPSA) is 68.6 Å². The maximum absolute atomic E-state index is 14.1. The second-order valence-electron chi connectivity index (χ2n) is 5.97. The number of amides is 1. The number of hydrogen-bond donors (Lipinski definition) is 0. The summed E-state index contributed by atoms with van der Waals surface area (Å²) in [4.78, 5) is 39.0. The fraction of sp³-hybridized carbons (Fsp3) is 0.350. The van der Waals surface area contributed by atoms with Gasteiger partial charge in [0, 0.05) is 23.1 Å². The third kappa shape index (κ3) is 5.86. The van der Waals surface area contributed by atoms with Crippen LogP contribution < -0.4 is 14.8 Å². The molecule has 0 saturated carbocycles. The minimum Gasteiger partial charge on any atom is -0.463 e. The number of ether oxygens (including phenoxy) is 1. The van der Waals surface area contributed by atoms with E-state index < -0.39 is 17.3 Å². The van der Waals surface area contributed by atoms with Crippen LogP contribution in [0.25, 0.3) is 12.2 Å². The van der Waals surface area contributed by atoms with Crippen LogP contribution in [0, 0.1) is 5.82 Å². The third-order valence-corrected chi connectivity index (χ3v) is 5.67. The molecule has 0 aliphatic rings. The van der Waals surface area contributed by atoms with Gasteiger partial charge in [-0.1, -0.05) is 15.9 Å². The van der Waals surface area contributed by atoms with E-state index in [9.17, 15) is 18.8 Å². The molecule has 0 spiro atoms. The number of rotatable bonds is 7. The van der Waals surface area contributed by atoms with Crippen LogP contribution in [-0.4, -0.2) is 41.0 Å². The van der Waals surface area contributed by atoms with Crippen molar-refractivity contribution in [1.82, 2.24) is 9.47 Å². The molecule has 1 amide bonds. The van der Waals surface area contributed by atoms with Gasteiger partial charge in [0.15, 0.2) is 0 Å². The first kappa shape index (κ1) is 23.0. The normalized spacial score (nSPS) is 12.3. The Morgan fingerprint density at radius 2 is 1.97 bits per heavy atom. The van der Waals surface area contributed by atoms with E-state index >= 15 is 0 Å². The summed E-state index contributed by atoms with van der Waals surface area (Å²) in [5.41, 5.74) is -0.243. The maximum atomic E-state index is 14.1. The van der Waals surface area contributed by atoms with Crippen LogP contribution in [0.2, 0.25) is 0 Å². The fourth-order valence-electron chi connectivity index (χ4n) is 2.66. The van der Waals surface area contributed by atoms with Crippen molar-refractivity contribution in [3.8, 4) is 0 Å². The zero-order valence-corrected chi connectivity index (χ0v) is 18.8. The third-order valence-electron chi connectivity index (χ3n) is 4.12. The lowest BCUT2D eigenvalue weighted by atomic mass is 10.2. The summed E-state index contributed by atoms with van der Waals surface area (Å²) in [5.74, 6) is -1.34. The van der Waals surface area contributed by atoms with Gasteiger partial charge in [-0.3, -0.25) is 14.2 Å². The number of likely N-dealkylation sites (N-methyl/N-ethyl adjacent to an activating group) is 1. The molecule has 0 bridgehead atoms.